The predicted octanol–water partition coefficient (Wildman–Crippen LogP) is 4.27. The largest absolute Gasteiger partial charge is 0.366 e. The summed E-state index contributed by atoms with van der Waals surface area (Å²) < 4.78 is 13.3. The highest BCUT2D eigenvalue weighted by Gasteiger charge is 2.13. The van der Waals surface area contributed by atoms with E-state index in [1.54, 1.807) is 36.4 Å². The maximum atomic E-state index is 13.3. The van der Waals surface area contributed by atoms with Crippen LogP contribution in [-0.4, -0.2) is 27.8 Å². The van der Waals surface area contributed by atoms with Gasteiger partial charge >= 0.3 is 0 Å². The van der Waals surface area contributed by atoms with Gasteiger partial charge in [-0.05, 0) is 48.5 Å². The average molecular weight is 432 g/mol. The molecule has 0 saturated heterocycles. The first kappa shape index (κ1) is 20.5. The first-order chi connectivity index (χ1) is 15.0. The van der Waals surface area contributed by atoms with E-state index in [-0.39, 0.29) is 17.5 Å². The fourth-order valence-corrected chi connectivity index (χ4v) is 3.83. The molecule has 0 fully saturated rings. The molecule has 0 spiro atoms. The van der Waals surface area contributed by atoms with Gasteiger partial charge in [0.25, 0.3) is 0 Å². The van der Waals surface area contributed by atoms with Crippen LogP contribution in [0.5, 0.6) is 0 Å². The van der Waals surface area contributed by atoms with Crippen molar-refractivity contribution in [2.75, 3.05) is 11.1 Å². The number of halogens is 1. The second-order valence-corrected chi connectivity index (χ2v) is 7.65. The molecule has 3 N–H and O–H groups in total. The van der Waals surface area contributed by atoms with Crippen LogP contribution in [0.15, 0.2) is 77.8 Å². The Hall–Kier alpha value is -3.78. The molecule has 0 bridgehead atoms. The third-order valence-electron chi connectivity index (χ3n) is 4.56. The normalized spacial score (nSPS) is 10.7. The summed E-state index contributed by atoms with van der Waals surface area (Å²) in [5.41, 5.74) is 7.57. The fourth-order valence-electron chi connectivity index (χ4n) is 3.06. The number of benzene rings is 3. The van der Waals surface area contributed by atoms with Gasteiger partial charge in [0.05, 0.1) is 5.75 Å². The second kappa shape index (κ2) is 8.93. The zero-order chi connectivity index (χ0) is 21.8. The van der Waals surface area contributed by atoms with E-state index in [2.05, 4.69) is 15.5 Å². The van der Waals surface area contributed by atoms with Crippen molar-refractivity contribution >= 4 is 40.0 Å². The van der Waals surface area contributed by atoms with Gasteiger partial charge in [0.2, 0.25) is 11.8 Å². The van der Waals surface area contributed by atoms with Crippen LogP contribution in [0.3, 0.4) is 0 Å². The van der Waals surface area contributed by atoms with Gasteiger partial charge in [-0.1, -0.05) is 36.0 Å². The average Bonchev–Trinajstić information content (AvgIpc) is 2.78. The standard InChI is InChI=1S/C23H17FN4O2S/c24-16-9-5-14(6-10-16)21-18-3-1-2-4-19(18)23(28-27-21)31-13-20(29)26-17-11-7-15(8-12-17)22(25)30/h1-12H,13H2,(H2,25,30)(H,26,29). The number of hydrogen-bond donors (Lipinski definition) is 2. The van der Waals surface area contributed by atoms with Gasteiger partial charge in [-0.3, -0.25) is 9.59 Å². The van der Waals surface area contributed by atoms with Crippen molar-refractivity contribution < 1.29 is 14.0 Å². The van der Waals surface area contributed by atoms with E-state index >= 15 is 0 Å². The molecule has 1 aromatic heterocycles. The smallest absolute Gasteiger partial charge is 0.248 e. The lowest BCUT2D eigenvalue weighted by molar-refractivity contribution is -0.113. The zero-order valence-electron chi connectivity index (χ0n) is 16.2. The summed E-state index contributed by atoms with van der Waals surface area (Å²) in [7, 11) is 0. The van der Waals surface area contributed by atoms with Crippen molar-refractivity contribution in [3.8, 4) is 11.3 Å². The van der Waals surface area contributed by atoms with Gasteiger partial charge in [0, 0.05) is 27.6 Å². The maximum absolute atomic E-state index is 13.3. The highest BCUT2D eigenvalue weighted by Crippen LogP contribution is 2.31. The van der Waals surface area contributed by atoms with E-state index in [1.165, 1.54) is 23.9 Å². The number of amides is 2. The predicted molar refractivity (Wildman–Crippen MR) is 119 cm³/mol. The summed E-state index contributed by atoms with van der Waals surface area (Å²) >= 11 is 1.27. The Balaban J connectivity index is 1.51. The molecular formula is C23H17FN4O2S. The topological polar surface area (TPSA) is 98.0 Å². The third kappa shape index (κ3) is 4.70. The number of anilines is 1. The van der Waals surface area contributed by atoms with Crippen molar-refractivity contribution in [2.24, 2.45) is 5.73 Å². The summed E-state index contributed by atoms with van der Waals surface area (Å²) in [5, 5.41) is 13.8. The van der Waals surface area contributed by atoms with E-state index in [9.17, 15) is 14.0 Å². The van der Waals surface area contributed by atoms with Crippen molar-refractivity contribution in [2.45, 2.75) is 5.03 Å². The lowest BCUT2D eigenvalue weighted by Crippen LogP contribution is -2.15. The molecular weight excluding hydrogens is 415 g/mol. The zero-order valence-corrected chi connectivity index (χ0v) is 17.0. The highest BCUT2D eigenvalue weighted by atomic mass is 32.2. The van der Waals surface area contributed by atoms with Crippen molar-refractivity contribution in [1.29, 1.82) is 0 Å². The number of carbonyl (C=O) groups excluding carboxylic acids is 2. The van der Waals surface area contributed by atoms with Gasteiger partial charge in [-0.2, -0.15) is 0 Å². The van der Waals surface area contributed by atoms with E-state index in [4.69, 9.17) is 5.73 Å². The Morgan fingerprint density at radius 1 is 0.903 bits per heavy atom. The minimum Gasteiger partial charge on any atom is -0.366 e. The van der Waals surface area contributed by atoms with Crippen LogP contribution in [0.25, 0.3) is 22.0 Å². The molecule has 6 nitrogen and oxygen atoms in total. The lowest BCUT2D eigenvalue weighted by Gasteiger charge is -2.09. The molecule has 0 unspecified atom stereocenters. The summed E-state index contributed by atoms with van der Waals surface area (Å²) in [6.45, 7) is 0. The molecule has 31 heavy (non-hydrogen) atoms. The summed E-state index contributed by atoms with van der Waals surface area (Å²) in [4.78, 5) is 23.5. The molecule has 4 aromatic rings. The van der Waals surface area contributed by atoms with Gasteiger partial charge in [-0.15, -0.1) is 10.2 Å². The number of nitrogens with zero attached hydrogens (tertiary/aromatic N) is 2. The van der Waals surface area contributed by atoms with E-state index < -0.39 is 5.91 Å². The molecule has 0 aliphatic heterocycles. The summed E-state index contributed by atoms with van der Waals surface area (Å²) in [6.07, 6.45) is 0. The Labute approximate surface area is 181 Å². The molecule has 0 aliphatic carbocycles. The van der Waals surface area contributed by atoms with Gasteiger partial charge < -0.3 is 11.1 Å². The van der Waals surface area contributed by atoms with E-state index in [0.29, 0.717) is 22.0 Å². The molecule has 4 rings (SSSR count). The van der Waals surface area contributed by atoms with Gasteiger partial charge in [0.15, 0.2) is 0 Å². The van der Waals surface area contributed by atoms with Crippen LogP contribution < -0.4 is 11.1 Å². The number of nitrogens with two attached hydrogens (primary N) is 1. The van der Waals surface area contributed by atoms with E-state index in [0.717, 1.165) is 16.3 Å². The number of carbonyl (C=O) groups is 2. The van der Waals surface area contributed by atoms with E-state index in [1.807, 2.05) is 24.3 Å². The third-order valence-corrected chi connectivity index (χ3v) is 5.55. The number of primary amides is 1. The molecule has 154 valence electrons. The maximum Gasteiger partial charge on any atom is 0.248 e. The molecule has 0 atom stereocenters. The number of rotatable bonds is 6. The Bertz CT molecular complexity index is 1260. The van der Waals surface area contributed by atoms with Crippen LogP contribution in [0.4, 0.5) is 10.1 Å². The Kier molecular flexibility index (Phi) is 5.90. The van der Waals surface area contributed by atoms with Crippen LogP contribution in [-0.2, 0) is 4.79 Å². The molecule has 3 aromatic carbocycles. The Morgan fingerprint density at radius 2 is 1.58 bits per heavy atom. The first-order valence-electron chi connectivity index (χ1n) is 9.35. The first-order valence-corrected chi connectivity index (χ1v) is 10.3. The SMILES string of the molecule is NC(=O)c1ccc(NC(=O)CSc2nnc(-c3ccc(F)cc3)c3ccccc23)cc1. The van der Waals surface area contributed by atoms with Crippen molar-refractivity contribution in [3.05, 3.63) is 84.2 Å². The summed E-state index contributed by atoms with van der Waals surface area (Å²) in [5.74, 6) is -0.927. The molecule has 0 radical (unpaired) electrons. The highest BCUT2D eigenvalue weighted by molar-refractivity contribution is 8.00. The van der Waals surface area contributed by atoms with Crippen molar-refractivity contribution in [3.63, 3.8) is 0 Å². The number of aromatic nitrogens is 2. The number of thioether (sulfide) groups is 1. The number of fused-ring (bicyclic) bond motifs is 1. The van der Waals surface area contributed by atoms with Gasteiger partial charge in [-0.25, -0.2) is 4.39 Å². The lowest BCUT2D eigenvalue weighted by atomic mass is 10.1. The van der Waals surface area contributed by atoms with Crippen LogP contribution in [0.2, 0.25) is 0 Å². The molecule has 0 saturated carbocycles. The number of nitrogens with one attached hydrogen (secondary N) is 1. The van der Waals surface area contributed by atoms with Crippen LogP contribution in [0, 0.1) is 5.82 Å². The minimum atomic E-state index is -0.525. The second-order valence-electron chi connectivity index (χ2n) is 6.68. The minimum absolute atomic E-state index is 0.131. The Morgan fingerprint density at radius 3 is 2.26 bits per heavy atom. The van der Waals surface area contributed by atoms with Crippen LogP contribution >= 0.6 is 11.8 Å². The van der Waals surface area contributed by atoms with Crippen LogP contribution in [0.1, 0.15) is 10.4 Å². The quantitative estimate of drug-likeness (QED) is 0.444. The molecule has 2 amide bonds. The molecule has 1 heterocycles. The number of hydrogen-bond acceptors (Lipinski definition) is 5. The van der Waals surface area contributed by atoms with Crippen molar-refractivity contribution in [1.82, 2.24) is 10.2 Å². The molecule has 0 aliphatic rings. The fraction of sp³-hybridized carbons (Fsp3) is 0.0435. The summed E-state index contributed by atoms with van der Waals surface area (Å²) in [6, 6.07) is 20.1. The monoisotopic (exact) mass is 432 g/mol. The van der Waals surface area contributed by atoms with Gasteiger partial charge in [0.1, 0.15) is 16.5 Å². The molecule has 8 heteroatoms.